The predicted octanol–water partition coefficient (Wildman–Crippen LogP) is -0.535. The second-order valence-electron chi connectivity index (χ2n) is 5.52. The van der Waals surface area contributed by atoms with Crippen LogP contribution < -0.4 is 16.6 Å². The smallest absolute Gasteiger partial charge is 0.325 e. The molecule has 2 aromatic rings. The van der Waals surface area contributed by atoms with Crippen LogP contribution in [-0.4, -0.2) is 32.6 Å². The second kappa shape index (κ2) is 6.79. The van der Waals surface area contributed by atoms with E-state index in [0.717, 1.165) is 12.8 Å². The summed E-state index contributed by atoms with van der Waals surface area (Å²) < 4.78 is 10.6. The minimum atomic E-state index is -0.602. The number of rotatable bonds is 5. The summed E-state index contributed by atoms with van der Waals surface area (Å²) in [5, 5.41) is 6.40. The van der Waals surface area contributed by atoms with Crippen LogP contribution in [0, 0.1) is 6.92 Å². The molecule has 1 aliphatic rings. The number of hydrogen-bond acceptors (Lipinski definition) is 7. The average molecular weight is 335 g/mol. The Hall–Kier alpha value is -2.75. The number of hydrogen-bond donors (Lipinski definition) is 3. The number of aromatic amines is 2. The summed E-state index contributed by atoms with van der Waals surface area (Å²) >= 11 is 0. The standard InChI is InChI=1S/C14H17N5O5/c1-7-8(12(21)18-14(22)16-7)5-11(20)15-6-10-17-13(24-19-10)9-3-2-4-23-9/h9H,2-6H2,1H3,(H,15,20)(H2,16,18,21,22). The third kappa shape index (κ3) is 3.59. The van der Waals surface area contributed by atoms with E-state index in [2.05, 4.69) is 25.4 Å². The monoisotopic (exact) mass is 335 g/mol. The molecule has 1 atom stereocenters. The average Bonchev–Trinajstić information content (AvgIpc) is 3.19. The molecule has 3 heterocycles. The predicted molar refractivity (Wildman–Crippen MR) is 80.2 cm³/mol. The number of aryl methyl sites for hydroxylation is 1. The van der Waals surface area contributed by atoms with Crippen LogP contribution >= 0.6 is 0 Å². The molecule has 24 heavy (non-hydrogen) atoms. The third-order valence-corrected chi connectivity index (χ3v) is 3.72. The summed E-state index contributed by atoms with van der Waals surface area (Å²) in [5.41, 5.74) is -0.610. The number of carbonyl (C=O) groups excluding carboxylic acids is 1. The lowest BCUT2D eigenvalue weighted by molar-refractivity contribution is -0.120. The molecule has 1 saturated heterocycles. The molecule has 1 fully saturated rings. The highest BCUT2D eigenvalue weighted by molar-refractivity contribution is 5.78. The van der Waals surface area contributed by atoms with Gasteiger partial charge in [-0.15, -0.1) is 0 Å². The third-order valence-electron chi connectivity index (χ3n) is 3.72. The zero-order valence-electron chi connectivity index (χ0n) is 13.0. The molecule has 0 aromatic carbocycles. The van der Waals surface area contributed by atoms with Gasteiger partial charge in [0.1, 0.15) is 6.10 Å². The Kier molecular flexibility index (Phi) is 4.56. The molecule has 128 valence electrons. The molecule has 3 rings (SSSR count). The van der Waals surface area contributed by atoms with Crippen molar-refractivity contribution >= 4 is 5.91 Å². The first-order valence-corrected chi connectivity index (χ1v) is 7.56. The largest absolute Gasteiger partial charge is 0.368 e. The van der Waals surface area contributed by atoms with E-state index < -0.39 is 11.2 Å². The van der Waals surface area contributed by atoms with Gasteiger partial charge in [-0.25, -0.2) is 4.79 Å². The van der Waals surface area contributed by atoms with Crippen LogP contribution in [-0.2, 0) is 22.5 Å². The van der Waals surface area contributed by atoms with Crippen molar-refractivity contribution in [1.82, 2.24) is 25.4 Å². The van der Waals surface area contributed by atoms with E-state index in [1.165, 1.54) is 0 Å². The molecule has 10 nitrogen and oxygen atoms in total. The first-order chi connectivity index (χ1) is 11.5. The quantitative estimate of drug-likeness (QED) is 0.666. The van der Waals surface area contributed by atoms with Crippen molar-refractivity contribution in [2.75, 3.05) is 6.61 Å². The first-order valence-electron chi connectivity index (χ1n) is 7.56. The molecule has 3 N–H and O–H groups in total. The van der Waals surface area contributed by atoms with E-state index in [1.807, 2.05) is 0 Å². The fraction of sp³-hybridized carbons (Fsp3) is 0.500. The van der Waals surface area contributed by atoms with Gasteiger partial charge in [0, 0.05) is 17.9 Å². The molecule has 0 aliphatic carbocycles. The van der Waals surface area contributed by atoms with E-state index in [1.54, 1.807) is 6.92 Å². The summed E-state index contributed by atoms with van der Waals surface area (Å²) in [4.78, 5) is 43.5. The molecule has 10 heteroatoms. The lowest BCUT2D eigenvalue weighted by Crippen LogP contribution is -2.32. The maximum Gasteiger partial charge on any atom is 0.325 e. The zero-order chi connectivity index (χ0) is 17.1. The van der Waals surface area contributed by atoms with Gasteiger partial charge in [0.25, 0.3) is 11.4 Å². The van der Waals surface area contributed by atoms with E-state index in [4.69, 9.17) is 9.26 Å². The Morgan fingerprint density at radius 3 is 2.92 bits per heavy atom. The van der Waals surface area contributed by atoms with Crippen molar-refractivity contribution in [3.05, 3.63) is 43.8 Å². The van der Waals surface area contributed by atoms with Gasteiger partial charge in [-0.05, 0) is 19.8 Å². The molecular formula is C14H17N5O5. The normalized spacial score (nSPS) is 17.1. The molecule has 0 radical (unpaired) electrons. The molecule has 1 amide bonds. The van der Waals surface area contributed by atoms with Gasteiger partial charge < -0.3 is 19.6 Å². The van der Waals surface area contributed by atoms with Gasteiger partial charge in [0.2, 0.25) is 5.91 Å². The van der Waals surface area contributed by atoms with Gasteiger partial charge in [-0.3, -0.25) is 14.6 Å². The van der Waals surface area contributed by atoms with Crippen LogP contribution in [0.4, 0.5) is 0 Å². The Bertz CT molecular complexity index is 846. The molecule has 1 unspecified atom stereocenters. The maximum atomic E-state index is 12.0. The fourth-order valence-corrected chi connectivity index (χ4v) is 2.48. The maximum absolute atomic E-state index is 12.0. The molecule has 1 aliphatic heterocycles. The Labute approximate surface area is 135 Å². The van der Waals surface area contributed by atoms with Gasteiger partial charge in [0.15, 0.2) is 5.82 Å². The van der Waals surface area contributed by atoms with Crippen LogP contribution in [0.5, 0.6) is 0 Å². The number of nitrogens with one attached hydrogen (secondary N) is 3. The van der Waals surface area contributed by atoms with Crippen LogP contribution in [0.3, 0.4) is 0 Å². The summed E-state index contributed by atoms with van der Waals surface area (Å²) in [7, 11) is 0. The SMILES string of the molecule is Cc1[nH]c(=O)[nH]c(=O)c1CC(=O)NCc1noc(C2CCCO2)n1. The molecule has 0 bridgehead atoms. The van der Waals surface area contributed by atoms with Crippen LogP contribution in [0.1, 0.15) is 41.9 Å². The number of carbonyl (C=O) groups is 1. The summed E-state index contributed by atoms with van der Waals surface area (Å²) in [6.07, 6.45) is 1.45. The molecule has 0 saturated carbocycles. The summed E-state index contributed by atoms with van der Waals surface area (Å²) in [6.45, 7) is 2.31. The van der Waals surface area contributed by atoms with Crippen molar-refractivity contribution in [2.24, 2.45) is 0 Å². The van der Waals surface area contributed by atoms with Crippen LogP contribution in [0.25, 0.3) is 0 Å². The minimum Gasteiger partial charge on any atom is -0.368 e. The fourth-order valence-electron chi connectivity index (χ4n) is 2.48. The summed E-state index contributed by atoms with van der Waals surface area (Å²) in [5.74, 6) is 0.352. The van der Waals surface area contributed by atoms with Crippen molar-refractivity contribution in [3.63, 3.8) is 0 Å². The van der Waals surface area contributed by atoms with Crippen molar-refractivity contribution in [2.45, 2.75) is 38.8 Å². The number of H-pyrrole nitrogens is 2. The number of aromatic nitrogens is 4. The lowest BCUT2D eigenvalue weighted by atomic mass is 10.1. The van der Waals surface area contributed by atoms with Crippen molar-refractivity contribution in [1.29, 1.82) is 0 Å². The molecular weight excluding hydrogens is 318 g/mol. The number of ether oxygens (including phenoxy) is 1. The minimum absolute atomic E-state index is 0.0787. The van der Waals surface area contributed by atoms with Crippen molar-refractivity contribution in [3.8, 4) is 0 Å². The Balaban J connectivity index is 1.58. The van der Waals surface area contributed by atoms with Gasteiger partial charge in [-0.2, -0.15) is 4.98 Å². The van der Waals surface area contributed by atoms with Crippen LogP contribution in [0.2, 0.25) is 0 Å². The highest BCUT2D eigenvalue weighted by Gasteiger charge is 2.23. The van der Waals surface area contributed by atoms with Gasteiger partial charge in [-0.1, -0.05) is 5.16 Å². The molecule has 2 aromatic heterocycles. The lowest BCUT2D eigenvalue weighted by Gasteiger charge is -2.04. The van der Waals surface area contributed by atoms with E-state index >= 15 is 0 Å². The van der Waals surface area contributed by atoms with E-state index in [-0.39, 0.29) is 30.5 Å². The van der Waals surface area contributed by atoms with E-state index in [9.17, 15) is 14.4 Å². The number of amides is 1. The Morgan fingerprint density at radius 1 is 1.38 bits per heavy atom. The highest BCUT2D eigenvalue weighted by atomic mass is 16.5. The molecule has 0 spiro atoms. The summed E-state index contributed by atoms with van der Waals surface area (Å²) in [6, 6.07) is 0. The topological polar surface area (TPSA) is 143 Å². The van der Waals surface area contributed by atoms with Gasteiger partial charge in [0.05, 0.1) is 13.0 Å². The second-order valence-corrected chi connectivity index (χ2v) is 5.52. The van der Waals surface area contributed by atoms with Crippen LogP contribution in [0.15, 0.2) is 14.1 Å². The van der Waals surface area contributed by atoms with Crippen molar-refractivity contribution < 1.29 is 14.1 Å². The number of nitrogens with zero attached hydrogens (tertiary/aromatic N) is 2. The zero-order valence-corrected chi connectivity index (χ0v) is 13.0. The van der Waals surface area contributed by atoms with E-state index in [0.29, 0.717) is 24.0 Å². The van der Waals surface area contributed by atoms with Gasteiger partial charge >= 0.3 is 5.69 Å². The first kappa shape index (κ1) is 16.1. The highest BCUT2D eigenvalue weighted by Crippen LogP contribution is 2.26. The Morgan fingerprint density at radius 2 is 2.21 bits per heavy atom.